The third-order valence-electron chi connectivity index (χ3n) is 3.29. The van der Waals surface area contributed by atoms with E-state index in [1.807, 2.05) is 22.6 Å². The van der Waals surface area contributed by atoms with Crippen LogP contribution in [0.5, 0.6) is 0 Å². The molecule has 21 heavy (non-hydrogen) atoms. The zero-order valence-electron chi connectivity index (χ0n) is 11.0. The van der Waals surface area contributed by atoms with Crippen LogP contribution in [0.15, 0.2) is 30.3 Å². The number of halogens is 4. The first-order valence-electron chi connectivity index (χ1n) is 6.20. The van der Waals surface area contributed by atoms with E-state index in [9.17, 15) is 8.78 Å². The van der Waals surface area contributed by atoms with Crippen LogP contribution in [-0.4, -0.2) is 9.55 Å². The number of aryl methyl sites for hydroxylation is 1. The van der Waals surface area contributed by atoms with Crippen molar-refractivity contribution in [3.8, 4) is 5.69 Å². The van der Waals surface area contributed by atoms with E-state index in [4.69, 9.17) is 11.6 Å². The predicted octanol–water partition coefficient (Wildman–Crippen LogP) is 4.96. The van der Waals surface area contributed by atoms with Gasteiger partial charge in [0.15, 0.2) is 0 Å². The maximum atomic E-state index is 13.9. The maximum Gasteiger partial charge on any atom is 0.138 e. The number of aromatic nitrogens is 2. The highest BCUT2D eigenvalue weighted by molar-refractivity contribution is 14.1. The first-order chi connectivity index (χ1) is 10.0. The number of nitrogens with zero attached hydrogens (tertiary/aromatic N) is 2. The molecule has 2 aromatic carbocycles. The van der Waals surface area contributed by atoms with Crippen molar-refractivity contribution in [2.75, 3.05) is 0 Å². The van der Waals surface area contributed by atoms with E-state index in [1.54, 1.807) is 23.6 Å². The lowest BCUT2D eigenvalue weighted by Gasteiger charge is -2.11. The Kier molecular flexibility index (Phi) is 3.88. The van der Waals surface area contributed by atoms with Gasteiger partial charge < -0.3 is 0 Å². The van der Waals surface area contributed by atoms with Gasteiger partial charge in [0.1, 0.15) is 17.5 Å². The predicted molar refractivity (Wildman–Crippen MR) is 88.0 cm³/mol. The minimum Gasteiger partial charge on any atom is -0.295 e. The van der Waals surface area contributed by atoms with E-state index >= 15 is 0 Å². The Bertz CT molecular complexity index is 845. The average molecular weight is 419 g/mol. The van der Waals surface area contributed by atoms with Gasteiger partial charge in [0, 0.05) is 6.07 Å². The highest BCUT2D eigenvalue weighted by Crippen LogP contribution is 2.27. The lowest BCUT2D eigenvalue weighted by molar-refractivity contribution is 0.621. The minimum atomic E-state index is -0.315. The largest absolute Gasteiger partial charge is 0.295 e. The molecule has 0 aliphatic heterocycles. The number of benzene rings is 2. The van der Waals surface area contributed by atoms with E-state index in [0.717, 1.165) is 11.3 Å². The minimum absolute atomic E-state index is 0.184. The second-order valence-electron chi connectivity index (χ2n) is 4.68. The average Bonchev–Trinajstić information content (AvgIpc) is 2.77. The topological polar surface area (TPSA) is 17.8 Å². The van der Waals surface area contributed by atoms with Crippen molar-refractivity contribution >= 4 is 45.2 Å². The SMILES string of the molecule is Cc1cc(F)ccc1-n1c(CCl)nc2cc(I)c(F)cc21. The van der Waals surface area contributed by atoms with Crippen LogP contribution in [0.1, 0.15) is 11.4 Å². The Morgan fingerprint density at radius 3 is 2.67 bits per heavy atom. The van der Waals surface area contributed by atoms with Gasteiger partial charge in [-0.2, -0.15) is 0 Å². The highest BCUT2D eigenvalue weighted by atomic mass is 127. The number of hydrogen-bond donors (Lipinski definition) is 0. The number of imidazole rings is 1. The van der Waals surface area contributed by atoms with Gasteiger partial charge in [-0.15, -0.1) is 11.6 Å². The number of fused-ring (bicyclic) bond motifs is 1. The van der Waals surface area contributed by atoms with E-state index in [-0.39, 0.29) is 17.5 Å². The van der Waals surface area contributed by atoms with Crippen molar-refractivity contribution < 1.29 is 8.78 Å². The molecule has 1 heterocycles. The van der Waals surface area contributed by atoms with Crippen molar-refractivity contribution in [1.82, 2.24) is 9.55 Å². The third kappa shape index (κ3) is 2.53. The molecule has 0 saturated heterocycles. The van der Waals surface area contributed by atoms with Gasteiger partial charge in [-0.1, -0.05) is 0 Å². The highest BCUT2D eigenvalue weighted by Gasteiger charge is 2.15. The van der Waals surface area contributed by atoms with Gasteiger partial charge in [-0.25, -0.2) is 13.8 Å². The van der Waals surface area contributed by atoms with Crippen LogP contribution in [0.4, 0.5) is 8.78 Å². The molecule has 108 valence electrons. The van der Waals surface area contributed by atoms with Crippen LogP contribution < -0.4 is 0 Å². The molecule has 3 aromatic rings. The molecule has 1 aromatic heterocycles. The zero-order chi connectivity index (χ0) is 15.1. The lowest BCUT2D eigenvalue weighted by atomic mass is 10.2. The molecule has 0 spiro atoms. The maximum absolute atomic E-state index is 13.9. The van der Waals surface area contributed by atoms with Crippen molar-refractivity contribution in [1.29, 1.82) is 0 Å². The Morgan fingerprint density at radius 1 is 1.24 bits per heavy atom. The van der Waals surface area contributed by atoms with Crippen LogP contribution in [-0.2, 0) is 5.88 Å². The number of hydrogen-bond acceptors (Lipinski definition) is 1. The van der Waals surface area contributed by atoms with Gasteiger partial charge in [0.25, 0.3) is 0 Å². The monoisotopic (exact) mass is 418 g/mol. The molecule has 3 rings (SSSR count). The van der Waals surface area contributed by atoms with Crippen LogP contribution in [0.25, 0.3) is 16.7 Å². The zero-order valence-corrected chi connectivity index (χ0v) is 13.9. The van der Waals surface area contributed by atoms with Gasteiger partial charge in [-0.05, 0) is 59.3 Å². The van der Waals surface area contributed by atoms with Gasteiger partial charge in [0.05, 0.1) is 26.2 Å². The smallest absolute Gasteiger partial charge is 0.138 e. The third-order valence-corrected chi connectivity index (χ3v) is 4.35. The first-order valence-corrected chi connectivity index (χ1v) is 7.81. The quantitative estimate of drug-likeness (QED) is 0.425. The summed E-state index contributed by atoms with van der Waals surface area (Å²) in [5.41, 5.74) is 2.77. The summed E-state index contributed by atoms with van der Waals surface area (Å²) in [6.07, 6.45) is 0. The molecule has 0 radical (unpaired) electrons. The molecule has 0 bridgehead atoms. The lowest BCUT2D eigenvalue weighted by Crippen LogP contribution is -2.02. The molecular weight excluding hydrogens is 409 g/mol. The molecule has 0 aliphatic rings. The molecule has 6 heteroatoms. The second kappa shape index (κ2) is 5.53. The van der Waals surface area contributed by atoms with E-state index in [1.165, 1.54) is 18.2 Å². The van der Waals surface area contributed by atoms with Gasteiger partial charge in [-0.3, -0.25) is 4.57 Å². The summed E-state index contributed by atoms with van der Waals surface area (Å²) in [7, 11) is 0. The molecule has 0 unspecified atom stereocenters. The standard InChI is InChI=1S/C15H10ClF2IN2/c1-8-4-9(17)2-3-13(8)21-14-5-10(18)11(19)6-12(14)20-15(21)7-16/h2-6H,7H2,1H3. The van der Waals surface area contributed by atoms with Crippen LogP contribution in [0, 0.1) is 22.1 Å². The molecular formula is C15H10ClF2IN2. The van der Waals surface area contributed by atoms with Crippen molar-refractivity contribution in [2.24, 2.45) is 0 Å². The van der Waals surface area contributed by atoms with Crippen molar-refractivity contribution in [3.63, 3.8) is 0 Å². The summed E-state index contributed by atoms with van der Waals surface area (Å²) in [4.78, 5) is 4.44. The molecule has 0 amide bonds. The van der Waals surface area contributed by atoms with Crippen LogP contribution in [0.2, 0.25) is 0 Å². The van der Waals surface area contributed by atoms with E-state index in [2.05, 4.69) is 4.98 Å². The molecule has 0 saturated carbocycles. The normalized spacial score (nSPS) is 11.3. The fourth-order valence-electron chi connectivity index (χ4n) is 2.35. The van der Waals surface area contributed by atoms with Crippen LogP contribution in [0.3, 0.4) is 0 Å². The van der Waals surface area contributed by atoms with Gasteiger partial charge >= 0.3 is 0 Å². The Labute approximate surface area is 138 Å². The number of rotatable bonds is 2. The Hall–Kier alpha value is -1.21. The summed E-state index contributed by atoms with van der Waals surface area (Å²) in [6, 6.07) is 7.56. The Balaban J connectivity index is 2.37. The van der Waals surface area contributed by atoms with E-state index in [0.29, 0.717) is 20.4 Å². The molecule has 0 aliphatic carbocycles. The summed E-state index contributed by atoms with van der Waals surface area (Å²) in [5.74, 6) is 0.158. The fourth-order valence-corrected chi connectivity index (χ4v) is 2.98. The first kappa shape index (κ1) is 14.7. The van der Waals surface area contributed by atoms with Gasteiger partial charge in [0.2, 0.25) is 0 Å². The fraction of sp³-hybridized carbons (Fsp3) is 0.133. The summed E-state index contributed by atoms with van der Waals surface area (Å²) >= 11 is 7.89. The second-order valence-corrected chi connectivity index (χ2v) is 6.11. The van der Waals surface area contributed by atoms with Crippen molar-refractivity contribution in [3.05, 3.63) is 56.9 Å². The summed E-state index contributed by atoms with van der Waals surface area (Å²) in [5, 5.41) is 0. The molecule has 0 fully saturated rings. The van der Waals surface area contributed by atoms with Crippen molar-refractivity contribution in [2.45, 2.75) is 12.8 Å². The van der Waals surface area contributed by atoms with Crippen LogP contribution >= 0.6 is 34.2 Å². The summed E-state index contributed by atoms with van der Waals surface area (Å²) in [6.45, 7) is 1.80. The molecule has 2 nitrogen and oxygen atoms in total. The molecule has 0 atom stereocenters. The molecule has 0 N–H and O–H groups in total. The summed E-state index contributed by atoms with van der Waals surface area (Å²) < 4.78 is 29.4. The number of alkyl halides is 1. The van der Waals surface area contributed by atoms with E-state index < -0.39 is 0 Å². The Morgan fingerprint density at radius 2 is 2.00 bits per heavy atom.